The third kappa shape index (κ3) is 3.41. The van der Waals surface area contributed by atoms with Gasteiger partial charge in [0.15, 0.2) is 0 Å². The van der Waals surface area contributed by atoms with Crippen LogP contribution < -0.4 is 10.6 Å². The lowest BCUT2D eigenvalue weighted by Crippen LogP contribution is -2.41. The summed E-state index contributed by atoms with van der Waals surface area (Å²) in [5.74, 6) is -6.23. The maximum atomic E-state index is 12.8. The number of fused-ring (bicyclic) bond motifs is 4. The monoisotopic (exact) mass is 445 g/mol. The number of carboxylic acids is 2. The summed E-state index contributed by atoms with van der Waals surface area (Å²) in [7, 11) is 0. The Morgan fingerprint density at radius 3 is 1.47 bits per heavy atom. The van der Waals surface area contributed by atoms with Crippen molar-refractivity contribution < 1.29 is 38.9 Å². The first-order valence-corrected chi connectivity index (χ1v) is 10.7. The number of hydrogen-bond acceptors (Lipinski definition) is 7. The molecule has 11 nitrogen and oxygen atoms in total. The molecule has 4 aliphatic rings. The molecular weight excluding hydrogens is 422 g/mol. The van der Waals surface area contributed by atoms with Crippen molar-refractivity contribution in [3.05, 3.63) is 18.2 Å². The number of hydrogen-bond donors (Lipinski definition) is 4. The minimum absolute atomic E-state index is 0.152. The summed E-state index contributed by atoms with van der Waals surface area (Å²) >= 11 is 0. The summed E-state index contributed by atoms with van der Waals surface area (Å²) < 4.78 is 11.3. The van der Waals surface area contributed by atoms with E-state index in [1.165, 1.54) is 12.1 Å². The van der Waals surface area contributed by atoms with E-state index in [0.29, 0.717) is 25.7 Å². The van der Waals surface area contributed by atoms with Crippen molar-refractivity contribution in [3.63, 3.8) is 0 Å². The molecule has 0 aromatic carbocycles. The second-order valence-electron chi connectivity index (χ2n) is 8.75. The van der Waals surface area contributed by atoms with E-state index < -0.39 is 71.8 Å². The molecule has 4 N–H and O–H groups in total. The fraction of sp³-hybridized carbons (Fsp3) is 0.571. The average molecular weight is 445 g/mol. The quantitative estimate of drug-likeness (QED) is 0.494. The zero-order valence-electron chi connectivity index (χ0n) is 17.0. The number of amides is 2. The Kier molecular flexibility index (Phi) is 5.09. The molecule has 4 bridgehead atoms. The van der Waals surface area contributed by atoms with Gasteiger partial charge in [0.05, 0.1) is 48.1 Å². The van der Waals surface area contributed by atoms with Gasteiger partial charge < -0.3 is 30.3 Å². The van der Waals surface area contributed by atoms with E-state index in [0.717, 1.165) is 0 Å². The zero-order valence-corrected chi connectivity index (χ0v) is 17.0. The number of aliphatic carboxylic acids is 2. The molecule has 0 spiro atoms. The Labute approximate surface area is 182 Å². The van der Waals surface area contributed by atoms with Gasteiger partial charge >= 0.3 is 11.9 Å². The van der Waals surface area contributed by atoms with Crippen molar-refractivity contribution in [2.45, 2.75) is 50.1 Å². The number of ether oxygens (including phenoxy) is 2. The van der Waals surface area contributed by atoms with Gasteiger partial charge in [0, 0.05) is 0 Å². The van der Waals surface area contributed by atoms with E-state index in [1.54, 1.807) is 6.07 Å². The Morgan fingerprint density at radius 1 is 0.719 bits per heavy atom. The molecule has 8 atom stereocenters. The minimum Gasteiger partial charge on any atom is -0.481 e. The standard InChI is InChI=1S/C21H23N3O8/c25-18(14-8-4-6-10(31-8)16(14)20(27)28)23-12-2-1-3-13(22-12)24-19(26)15-9-5-7-11(32-9)17(15)21(29)30/h1-3,8-11,14-17H,4-7H2,(H,27,28)(H,29,30)(H2,22,23,24,25,26). The second-order valence-corrected chi connectivity index (χ2v) is 8.75. The van der Waals surface area contributed by atoms with Crippen LogP contribution in [0, 0.1) is 23.7 Å². The van der Waals surface area contributed by atoms with Crippen LogP contribution in [0.1, 0.15) is 25.7 Å². The third-order valence-corrected chi connectivity index (χ3v) is 6.97. The first-order chi connectivity index (χ1) is 15.3. The Balaban J connectivity index is 1.27. The van der Waals surface area contributed by atoms with Gasteiger partial charge in [0.1, 0.15) is 11.6 Å². The molecule has 5 heterocycles. The summed E-state index contributed by atoms with van der Waals surface area (Å²) in [6.45, 7) is 0. The highest BCUT2D eigenvalue weighted by Crippen LogP contribution is 2.45. The summed E-state index contributed by atoms with van der Waals surface area (Å²) in [6.07, 6.45) is 0.712. The summed E-state index contributed by atoms with van der Waals surface area (Å²) in [6, 6.07) is 4.63. The smallest absolute Gasteiger partial charge is 0.310 e. The molecule has 1 aromatic rings. The van der Waals surface area contributed by atoms with E-state index in [-0.39, 0.29) is 11.6 Å². The fourth-order valence-corrected chi connectivity index (χ4v) is 5.64. The predicted molar refractivity (Wildman–Crippen MR) is 107 cm³/mol. The van der Waals surface area contributed by atoms with E-state index in [9.17, 15) is 29.4 Å². The SMILES string of the molecule is O=C(O)C1C2CCC(O2)C1C(=O)Nc1cccc(NC(=O)C2C3CCC(O3)C2C(=O)O)n1. The summed E-state index contributed by atoms with van der Waals surface area (Å²) in [5, 5.41) is 24.3. The van der Waals surface area contributed by atoms with Crippen LogP contribution in [0.5, 0.6) is 0 Å². The normalized spacial score (nSPS) is 36.8. The topological polar surface area (TPSA) is 164 Å². The van der Waals surface area contributed by atoms with Crippen LogP contribution in [0.15, 0.2) is 18.2 Å². The van der Waals surface area contributed by atoms with Crippen LogP contribution in [0.25, 0.3) is 0 Å². The first-order valence-electron chi connectivity index (χ1n) is 10.7. The van der Waals surface area contributed by atoms with Crippen molar-refractivity contribution in [1.29, 1.82) is 0 Å². The van der Waals surface area contributed by atoms with Crippen LogP contribution in [0.4, 0.5) is 11.6 Å². The van der Waals surface area contributed by atoms with Crippen molar-refractivity contribution >= 4 is 35.4 Å². The van der Waals surface area contributed by atoms with Gasteiger partial charge in [0.2, 0.25) is 11.8 Å². The molecular formula is C21H23N3O8. The lowest BCUT2D eigenvalue weighted by Gasteiger charge is -2.24. The van der Waals surface area contributed by atoms with E-state index in [4.69, 9.17) is 9.47 Å². The second kappa shape index (κ2) is 7.82. The van der Waals surface area contributed by atoms with Gasteiger partial charge in [-0.2, -0.15) is 0 Å². The molecule has 0 aliphatic carbocycles. The van der Waals surface area contributed by atoms with Crippen molar-refractivity contribution in [1.82, 2.24) is 4.98 Å². The lowest BCUT2D eigenvalue weighted by atomic mass is 9.78. The van der Waals surface area contributed by atoms with E-state index in [1.807, 2.05) is 0 Å². The summed E-state index contributed by atoms with van der Waals surface area (Å²) in [5.41, 5.74) is 0. The largest absolute Gasteiger partial charge is 0.481 e. The molecule has 4 saturated heterocycles. The maximum Gasteiger partial charge on any atom is 0.310 e. The maximum absolute atomic E-state index is 12.8. The molecule has 170 valence electrons. The lowest BCUT2D eigenvalue weighted by molar-refractivity contribution is -0.147. The number of carbonyl (C=O) groups excluding carboxylic acids is 2. The molecule has 5 rings (SSSR count). The van der Waals surface area contributed by atoms with Crippen LogP contribution in [-0.2, 0) is 28.7 Å². The van der Waals surface area contributed by atoms with E-state index in [2.05, 4.69) is 15.6 Å². The fourth-order valence-electron chi connectivity index (χ4n) is 5.64. The molecule has 4 aliphatic heterocycles. The van der Waals surface area contributed by atoms with Crippen molar-refractivity contribution in [2.24, 2.45) is 23.7 Å². The highest BCUT2D eigenvalue weighted by molar-refractivity contribution is 5.97. The van der Waals surface area contributed by atoms with Gasteiger partial charge in [-0.15, -0.1) is 0 Å². The molecule has 2 amide bonds. The molecule has 11 heteroatoms. The number of aromatic nitrogens is 1. The highest BCUT2D eigenvalue weighted by Gasteiger charge is 2.56. The number of carboxylic acid groups (broad SMARTS) is 2. The number of nitrogens with zero attached hydrogens (tertiary/aromatic N) is 1. The molecule has 32 heavy (non-hydrogen) atoms. The Morgan fingerprint density at radius 2 is 1.09 bits per heavy atom. The van der Waals surface area contributed by atoms with Gasteiger partial charge in [-0.3, -0.25) is 19.2 Å². The Hall–Kier alpha value is -3.05. The van der Waals surface area contributed by atoms with Crippen molar-refractivity contribution in [3.8, 4) is 0 Å². The Bertz CT molecular complexity index is 910. The third-order valence-electron chi connectivity index (χ3n) is 6.97. The molecule has 0 saturated carbocycles. The molecule has 8 unspecified atom stereocenters. The van der Waals surface area contributed by atoms with Gasteiger partial charge in [-0.1, -0.05) is 6.07 Å². The van der Waals surface area contributed by atoms with Crippen LogP contribution in [0.3, 0.4) is 0 Å². The molecule has 0 radical (unpaired) electrons. The van der Waals surface area contributed by atoms with Crippen LogP contribution >= 0.6 is 0 Å². The number of rotatable bonds is 6. The summed E-state index contributed by atoms with van der Waals surface area (Å²) in [4.78, 5) is 53.1. The first kappa shape index (κ1) is 20.8. The van der Waals surface area contributed by atoms with E-state index >= 15 is 0 Å². The number of nitrogens with one attached hydrogen (secondary N) is 2. The number of carbonyl (C=O) groups is 4. The average Bonchev–Trinajstić information content (AvgIpc) is 3.52. The predicted octanol–water partition coefficient (Wildman–Crippen LogP) is 0.715. The highest BCUT2D eigenvalue weighted by atomic mass is 16.5. The van der Waals surface area contributed by atoms with Crippen LogP contribution in [-0.4, -0.2) is 63.4 Å². The number of pyridine rings is 1. The van der Waals surface area contributed by atoms with Gasteiger partial charge in [0.25, 0.3) is 0 Å². The molecule has 4 fully saturated rings. The number of anilines is 2. The van der Waals surface area contributed by atoms with Crippen LogP contribution in [0.2, 0.25) is 0 Å². The molecule has 1 aromatic heterocycles. The van der Waals surface area contributed by atoms with Gasteiger partial charge in [-0.05, 0) is 37.8 Å². The minimum atomic E-state index is -1.06. The van der Waals surface area contributed by atoms with Crippen molar-refractivity contribution in [2.75, 3.05) is 10.6 Å². The zero-order chi connectivity index (χ0) is 22.6. The van der Waals surface area contributed by atoms with Gasteiger partial charge in [-0.25, -0.2) is 4.98 Å².